The Morgan fingerprint density at radius 3 is 2.32 bits per heavy atom. The summed E-state index contributed by atoms with van der Waals surface area (Å²) in [5, 5.41) is 4.28. The van der Waals surface area contributed by atoms with Crippen molar-refractivity contribution in [1.82, 2.24) is 14.8 Å². The lowest BCUT2D eigenvalue weighted by molar-refractivity contribution is 0.416. The number of aromatic nitrogens is 3. The third kappa shape index (κ3) is 2.57. The average Bonchev–Trinajstić information content (AvgIpc) is 2.86. The number of aryl methyl sites for hydroxylation is 2. The van der Waals surface area contributed by atoms with Crippen LogP contribution in [0, 0.1) is 12.7 Å². The predicted octanol–water partition coefficient (Wildman–Crippen LogP) is 3.61. The van der Waals surface area contributed by atoms with Crippen molar-refractivity contribution < 1.29 is 9.13 Å². The van der Waals surface area contributed by atoms with Gasteiger partial charge >= 0.3 is 0 Å². The highest BCUT2D eigenvalue weighted by Gasteiger charge is 2.14. The molecule has 0 saturated heterocycles. The van der Waals surface area contributed by atoms with Crippen molar-refractivity contribution in [2.75, 3.05) is 7.11 Å². The highest BCUT2D eigenvalue weighted by molar-refractivity contribution is 5.74. The highest BCUT2D eigenvalue weighted by atomic mass is 19.1. The monoisotopic (exact) mass is 297 g/mol. The first-order valence-electron chi connectivity index (χ1n) is 6.90. The number of benzene rings is 2. The van der Waals surface area contributed by atoms with E-state index < -0.39 is 0 Å². The van der Waals surface area contributed by atoms with Crippen LogP contribution in [0.15, 0.2) is 42.5 Å². The first kappa shape index (κ1) is 14.3. The van der Waals surface area contributed by atoms with Gasteiger partial charge in [-0.2, -0.15) is 5.10 Å². The molecular formula is C17H16FN3O. The summed E-state index contributed by atoms with van der Waals surface area (Å²) in [5.74, 6) is 1.91. The van der Waals surface area contributed by atoms with Gasteiger partial charge in [0.05, 0.1) is 12.7 Å². The summed E-state index contributed by atoms with van der Waals surface area (Å²) in [4.78, 5) is 4.45. The molecule has 0 bridgehead atoms. The summed E-state index contributed by atoms with van der Waals surface area (Å²) in [7, 11) is 3.47. The molecule has 0 radical (unpaired) electrons. The van der Waals surface area contributed by atoms with Gasteiger partial charge in [-0.25, -0.2) is 14.1 Å². The van der Waals surface area contributed by atoms with Crippen LogP contribution in [-0.4, -0.2) is 21.9 Å². The van der Waals surface area contributed by atoms with Gasteiger partial charge in [-0.3, -0.25) is 0 Å². The fraction of sp³-hybridized carbons (Fsp3) is 0.176. The molecule has 0 atom stereocenters. The lowest BCUT2D eigenvalue weighted by Gasteiger charge is -2.10. The summed E-state index contributed by atoms with van der Waals surface area (Å²) in [6, 6.07) is 12.2. The van der Waals surface area contributed by atoms with Gasteiger partial charge in [0, 0.05) is 7.05 Å². The van der Waals surface area contributed by atoms with E-state index in [0.29, 0.717) is 5.82 Å². The number of methoxy groups -OCH3 is 1. The second kappa shape index (κ2) is 5.60. The van der Waals surface area contributed by atoms with Crippen LogP contribution in [-0.2, 0) is 7.05 Å². The molecule has 22 heavy (non-hydrogen) atoms. The van der Waals surface area contributed by atoms with E-state index in [0.717, 1.165) is 28.3 Å². The van der Waals surface area contributed by atoms with E-state index in [2.05, 4.69) is 10.1 Å². The molecule has 1 heterocycles. The first-order valence-corrected chi connectivity index (χ1v) is 6.90. The standard InChI is InChI=1S/C17H16FN3O/c1-11-19-17(21(2)20-11)15-10-13(6-9-16(15)22-3)12-4-7-14(18)8-5-12/h4-10H,1-3H3. The van der Waals surface area contributed by atoms with E-state index in [-0.39, 0.29) is 5.82 Å². The molecule has 0 aliphatic heterocycles. The molecule has 0 aliphatic carbocycles. The Hall–Kier alpha value is -2.69. The van der Waals surface area contributed by atoms with Gasteiger partial charge in [-0.05, 0) is 42.3 Å². The van der Waals surface area contributed by atoms with Gasteiger partial charge in [0.15, 0.2) is 5.82 Å². The molecule has 112 valence electrons. The van der Waals surface area contributed by atoms with Crippen molar-refractivity contribution in [2.24, 2.45) is 7.05 Å². The lowest BCUT2D eigenvalue weighted by Crippen LogP contribution is -1.97. The fourth-order valence-corrected chi connectivity index (χ4v) is 2.45. The molecular weight excluding hydrogens is 281 g/mol. The molecule has 0 aliphatic rings. The van der Waals surface area contributed by atoms with E-state index in [9.17, 15) is 4.39 Å². The van der Waals surface area contributed by atoms with E-state index in [1.165, 1.54) is 12.1 Å². The van der Waals surface area contributed by atoms with Crippen molar-refractivity contribution in [3.8, 4) is 28.3 Å². The third-order valence-corrected chi connectivity index (χ3v) is 3.49. The molecule has 5 heteroatoms. The van der Waals surface area contributed by atoms with Gasteiger partial charge in [0.2, 0.25) is 0 Å². The molecule has 1 aromatic heterocycles. The minimum Gasteiger partial charge on any atom is -0.496 e. The molecule has 0 N–H and O–H groups in total. The minimum atomic E-state index is -0.249. The number of ether oxygens (including phenoxy) is 1. The van der Waals surface area contributed by atoms with Crippen LogP contribution >= 0.6 is 0 Å². The van der Waals surface area contributed by atoms with Crippen LogP contribution in [0.1, 0.15) is 5.82 Å². The van der Waals surface area contributed by atoms with Crippen LogP contribution in [0.4, 0.5) is 4.39 Å². The van der Waals surface area contributed by atoms with Crippen molar-refractivity contribution in [3.05, 3.63) is 54.1 Å². The summed E-state index contributed by atoms with van der Waals surface area (Å²) >= 11 is 0. The average molecular weight is 297 g/mol. The molecule has 3 rings (SSSR count). The Morgan fingerprint density at radius 1 is 1.05 bits per heavy atom. The van der Waals surface area contributed by atoms with E-state index in [1.807, 2.05) is 32.2 Å². The Morgan fingerprint density at radius 2 is 1.73 bits per heavy atom. The maximum absolute atomic E-state index is 13.1. The number of nitrogens with zero attached hydrogens (tertiary/aromatic N) is 3. The van der Waals surface area contributed by atoms with Crippen molar-refractivity contribution >= 4 is 0 Å². The molecule has 4 nitrogen and oxygen atoms in total. The zero-order valence-electron chi connectivity index (χ0n) is 12.7. The highest BCUT2D eigenvalue weighted by Crippen LogP contribution is 2.33. The van der Waals surface area contributed by atoms with Crippen LogP contribution in [0.3, 0.4) is 0 Å². The molecule has 0 fully saturated rings. The normalized spacial score (nSPS) is 10.7. The largest absolute Gasteiger partial charge is 0.496 e. The number of hydrogen-bond donors (Lipinski definition) is 0. The van der Waals surface area contributed by atoms with Crippen molar-refractivity contribution in [3.63, 3.8) is 0 Å². The molecule has 0 spiro atoms. The SMILES string of the molecule is COc1ccc(-c2ccc(F)cc2)cc1-c1nc(C)nn1C. The van der Waals surface area contributed by atoms with Crippen LogP contribution in [0.25, 0.3) is 22.5 Å². The predicted molar refractivity (Wildman–Crippen MR) is 83.1 cm³/mol. The topological polar surface area (TPSA) is 39.9 Å². The molecule has 2 aromatic carbocycles. The van der Waals surface area contributed by atoms with E-state index in [1.54, 1.807) is 23.9 Å². The maximum atomic E-state index is 13.1. The van der Waals surface area contributed by atoms with Gasteiger partial charge in [-0.1, -0.05) is 18.2 Å². The zero-order valence-corrected chi connectivity index (χ0v) is 12.7. The second-order valence-corrected chi connectivity index (χ2v) is 5.03. The van der Waals surface area contributed by atoms with Gasteiger partial charge in [0.25, 0.3) is 0 Å². The quantitative estimate of drug-likeness (QED) is 0.741. The molecule has 0 amide bonds. The molecule has 0 saturated carbocycles. The smallest absolute Gasteiger partial charge is 0.161 e. The Bertz CT molecular complexity index is 809. The first-order chi connectivity index (χ1) is 10.6. The summed E-state index contributed by atoms with van der Waals surface area (Å²) in [6.45, 7) is 1.85. The van der Waals surface area contributed by atoms with Gasteiger partial charge in [0.1, 0.15) is 17.4 Å². The maximum Gasteiger partial charge on any atom is 0.161 e. The summed E-state index contributed by atoms with van der Waals surface area (Å²) < 4.78 is 20.2. The zero-order chi connectivity index (χ0) is 15.7. The Balaban J connectivity index is 2.14. The number of hydrogen-bond acceptors (Lipinski definition) is 3. The number of rotatable bonds is 3. The minimum absolute atomic E-state index is 0.249. The number of halogens is 1. The van der Waals surface area contributed by atoms with E-state index in [4.69, 9.17) is 4.74 Å². The fourth-order valence-electron chi connectivity index (χ4n) is 2.45. The Kier molecular flexibility index (Phi) is 3.63. The summed E-state index contributed by atoms with van der Waals surface area (Å²) in [5.41, 5.74) is 2.76. The molecule has 0 unspecified atom stereocenters. The van der Waals surface area contributed by atoms with Gasteiger partial charge < -0.3 is 4.74 Å². The second-order valence-electron chi connectivity index (χ2n) is 5.03. The lowest BCUT2D eigenvalue weighted by atomic mass is 10.0. The van der Waals surface area contributed by atoms with Crippen molar-refractivity contribution in [2.45, 2.75) is 6.92 Å². The van der Waals surface area contributed by atoms with Gasteiger partial charge in [-0.15, -0.1) is 0 Å². The summed E-state index contributed by atoms with van der Waals surface area (Å²) in [6.07, 6.45) is 0. The Labute approximate surface area is 128 Å². The van der Waals surface area contributed by atoms with Crippen molar-refractivity contribution in [1.29, 1.82) is 0 Å². The van der Waals surface area contributed by atoms with Crippen LogP contribution in [0.2, 0.25) is 0 Å². The molecule has 3 aromatic rings. The third-order valence-electron chi connectivity index (χ3n) is 3.49. The van der Waals surface area contributed by atoms with E-state index >= 15 is 0 Å². The van der Waals surface area contributed by atoms with Crippen LogP contribution < -0.4 is 4.74 Å². The van der Waals surface area contributed by atoms with Crippen LogP contribution in [0.5, 0.6) is 5.75 Å².